The first kappa shape index (κ1) is 19.0. The number of fused-ring (bicyclic) bond motifs is 3. The van der Waals surface area contributed by atoms with Gasteiger partial charge in [-0.1, -0.05) is 13.3 Å². The van der Waals surface area contributed by atoms with Crippen LogP contribution in [0.2, 0.25) is 0 Å². The van der Waals surface area contributed by atoms with Crippen molar-refractivity contribution < 1.29 is 19.1 Å². The monoisotopic (exact) mass is 388 g/mol. The Morgan fingerprint density at radius 2 is 2.00 bits per heavy atom. The predicted molar refractivity (Wildman–Crippen MR) is 103 cm³/mol. The molecule has 3 aliphatic heterocycles. The molecule has 0 radical (unpaired) electrons. The molecule has 4 aliphatic rings. The van der Waals surface area contributed by atoms with Gasteiger partial charge < -0.3 is 18.9 Å². The number of carbonyl (C=O) groups is 2. The van der Waals surface area contributed by atoms with Gasteiger partial charge >= 0.3 is 5.97 Å². The zero-order valence-electron chi connectivity index (χ0n) is 16.7. The molecule has 0 atom stereocenters. The van der Waals surface area contributed by atoms with Crippen LogP contribution in [0.1, 0.15) is 73.2 Å². The molecule has 152 valence electrons. The number of rotatable bonds is 6. The van der Waals surface area contributed by atoms with Gasteiger partial charge in [0.25, 0.3) is 5.91 Å². The van der Waals surface area contributed by atoms with Crippen molar-refractivity contribution in [2.24, 2.45) is 5.92 Å². The van der Waals surface area contributed by atoms with Gasteiger partial charge in [-0.15, -0.1) is 0 Å². The molecule has 2 saturated heterocycles. The number of carbonyl (C=O) groups excluding carboxylic acids is 2. The van der Waals surface area contributed by atoms with Crippen LogP contribution < -0.4 is 10.2 Å². The highest BCUT2D eigenvalue weighted by molar-refractivity contribution is 5.98. The lowest BCUT2D eigenvalue weighted by molar-refractivity contribution is -0.0391. The molecule has 0 N–H and O–H groups in total. The van der Waals surface area contributed by atoms with E-state index in [9.17, 15) is 14.4 Å². The van der Waals surface area contributed by atoms with E-state index >= 15 is 0 Å². The van der Waals surface area contributed by atoms with Crippen molar-refractivity contribution in [3.05, 3.63) is 27.7 Å². The number of hydrogen-bond donors (Lipinski definition) is 0. The van der Waals surface area contributed by atoms with Crippen molar-refractivity contribution in [1.82, 2.24) is 9.47 Å². The minimum absolute atomic E-state index is 0.000278. The minimum Gasteiger partial charge on any atom is -0.487 e. The summed E-state index contributed by atoms with van der Waals surface area (Å²) in [5.41, 5.74) is -0.528. The van der Waals surface area contributed by atoms with Gasteiger partial charge in [0.15, 0.2) is 11.4 Å². The normalized spacial score (nSPS) is 25.3. The molecule has 1 aromatic rings. The van der Waals surface area contributed by atoms with Crippen molar-refractivity contribution in [1.29, 1.82) is 0 Å². The first-order valence-electron chi connectivity index (χ1n) is 10.4. The Kier molecular flexibility index (Phi) is 4.93. The third-order valence-corrected chi connectivity index (χ3v) is 6.44. The molecule has 1 aromatic heterocycles. The molecule has 2 bridgehead atoms. The molecule has 3 fully saturated rings. The van der Waals surface area contributed by atoms with E-state index in [1.807, 2.05) is 11.8 Å². The summed E-state index contributed by atoms with van der Waals surface area (Å²) in [4.78, 5) is 40.8. The molecular weight excluding hydrogens is 360 g/mol. The van der Waals surface area contributed by atoms with Gasteiger partial charge in [-0.3, -0.25) is 9.59 Å². The number of esters is 1. The van der Waals surface area contributed by atoms with E-state index in [1.165, 1.54) is 6.20 Å². The maximum atomic E-state index is 13.4. The molecule has 4 heterocycles. The topological polar surface area (TPSA) is 77.8 Å². The highest BCUT2D eigenvalue weighted by Crippen LogP contribution is 2.47. The summed E-state index contributed by atoms with van der Waals surface area (Å²) in [5.74, 6) is -0.259. The standard InChI is InChI=1S/C21H28N2O5/c1-3-5-10-28-18-16-19(25)23-11-14-6-8-21(23,9-7-14)13-22(16)12-15(17(18)24)20(26)27-4-2/h12,14H,3-11,13H2,1-2H3/t14-,21+. The molecule has 7 nitrogen and oxygen atoms in total. The van der Waals surface area contributed by atoms with E-state index in [4.69, 9.17) is 9.47 Å². The van der Waals surface area contributed by atoms with Crippen LogP contribution in [0, 0.1) is 5.92 Å². The van der Waals surface area contributed by atoms with Gasteiger partial charge in [0.2, 0.25) is 5.43 Å². The van der Waals surface area contributed by atoms with Crippen molar-refractivity contribution in [2.45, 2.75) is 64.5 Å². The Labute approximate surface area is 164 Å². The maximum Gasteiger partial charge on any atom is 0.343 e. The number of pyridine rings is 1. The third kappa shape index (κ3) is 2.91. The third-order valence-electron chi connectivity index (χ3n) is 6.44. The highest BCUT2D eigenvalue weighted by Gasteiger charge is 2.52. The smallest absolute Gasteiger partial charge is 0.343 e. The van der Waals surface area contributed by atoms with E-state index in [0.29, 0.717) is 19.1 Å². The number of unbranched alkanes of at least 4 members (excludes halogenated alkanes) is 1. The SMILES string of the molecule is CCCCOc1c2n(cc(C(=O)OCC)c1=O)C[C@]13CC[C@H](CC1)CN3C2=O. The number of ether oxygens (including phenoxy) is 2. The van der Waals surface area contributed by atoms with Gasteiger partial charge in [0.1, 0.15) is 5.56 Å². The Hall–Kier alpha value is -2.31. The molecule has 0 aromatic carbocycles. The lowest BCUT2D eigenvalue weighted by Crippen LogP contribution is -2.65. The second-order valence-electron chi connectivity index (χ2n) is 8.18. The van der Waals surface area contributed by atoms with Crippen molar-refractivity contribution in [3.8, 4) is 5.75 Å². The van der Waals surface area contributed by atoms with Crippen molar-refractivity contribution >= 4 is 11.9 Å². The maximum absolute atomic E-state index is 13.4. The summed E-state index contributed by atoms with van der Waals surface area (Å²) in [7, 11) is 0. The molecule has 1 saturated carbocycles. The minimum atomic E-state index is -0.664. The van der Waals surface area contributed by atoms with E-state index in [2.05, 4.69) is 0 Å². The van der Waals surface area contributed by atoms with E-state index < -0.39 is 11.4 Å². The van der Waals surface area contributed by atoms with Gasteiger partial charge in [0.05, 0.1) is 18.8 Å². The first-order valence-corrected chi connectivity index (χ1v) is 10.4. The molecule has 7 heteroatoms. The van der Waals surface area contributed by atoms with E-state index in [1.54, 1.807) is 11.5 Å². The molecule has 0 unspecified atom stereocenters. The van der Waals surface area contributed by atoms with E-state index in [-0.39, 0.29) is 35.1 Å². The Morgan fingerprint density at radius 1 is 1.25 bits per heavy atom. The summed E-state index contributed by atoms with van der Waals surface area (Å²) < 4.78 is 12.6. The summed E-state index contributed by atoms with van der Waals surface area (Å²) in [6.07, 6.45) is 7.38. The average molecular weight is 388 g/mol. The second kappa shape index (κ2) is 7.26. The lowest BCUT2D eigenvalue weighted by atomic mass is 9.69. The lowest BCUT2D eigenvalue weighted by Gasteiger charge is -2.57. The van der Waals surface area contributed by atoms with Gasteiger partial charge in [-0.2, -0.15) is 0 Å². The second-order valence-corrected chi connectivity index (χ2v) is 8.18. The largest absolute Gasteiger partial charge is 0.487 e. The van der Waals surface area contributed by atoms with Crippen LogP contribution in [0.3, 0.4) is 0 Å². The quantitative estimate of drug-likeness (QED) is 0.553. The molecule has 1 aliphatic carbocycles. The molecular formula is C21H28N2O5. The zero-order valence-corrected chi connectivity index (χ0v) is 16.7. The van der Waals surface area contributed by atoms with E-state index in [0.717, 1.165) is 45.1 Å². The number of aromatic nitrogens is 1. The van der Waals surface area contributed by atoms with Gasteiger partial charge in [-0.25, -0.2) is 4.79 Å². The van der Waals surface area contributed by atoms with Gasteiger partial charge in [0, 0.05) is 19.3 Å². The number of hydrogen-bond acceptors (Lipinski definition) is 5. The summed E-state index contributed by atoms with van der Waals surface area (Å²) in [6.45, 7) is 5.60. The van der Waals surface area contributed by atoms with Crippen molar-refractivity contribution in [2.75, 3.05) is 19.8 Å². The Balaban J connectivity index is 1.82. The molecule has 1 amide bonds. The average Bonchev–Trinajstić information content (AvgIpc) is 2.70. The van der Waals surface area contributed by atoms with Crippen LogP contribution in [-0.4, -0.2) is 46.6 Å². The number of amides is 1. The number of nitrogens with zero attached hydrogens (tertiary/aromatic N) is 2. The van der Waals surface area contributed by atoms with Crippen LogP contribution in [0.25, 0.3) is 0 Å². The van der Waals surface area contributed by atoms with Crippen LogP contribution in [0.15, 0.2) is 11.0 Å². The van der Waals surface area contributed by atoms with Crippen LogP contribution in [0.4, 0.5) is 0 Å². The van der Waals surface area contributed by atoms with Gasteiger partial charge in [-0.05, 0) is 44.9 Å². The fourth-order valence-electron chi connectivity index (χ4n) is 4.90. The summed E-state index contributed by atoms with van der Waals surface area (Å²) in [5, 5.41) is 0. The number of piperidine rings is 2. The fraction of sp³-hybridized carbons (Fsp3) is 0.667. The summed E-state index contributed by atoms with van der Waals surface area (Å²) >= 11 is 0. The predicted octanol–water partition coefficient (Wildman–Crippen LogP) is 2.60. The fourth-order valence-corrected chi connectivity index (χ4v) is 4.90. The Bertz CT molecular complexity index is 851. The molecule has 28 heavy (non-hydrogen) atoms. The highest BCUT2D eigenvalue weighted by atomic mass is 16.5. The molecule has 1 spiro atoms. The molecule has 5 rings (SSSR count). The Morgan fingerprint density at radius 3 is 2.68 bits per heavy atom. The summed E-state index contributed by atoms with van der Waals surface area (Å²) in [6, 6.07) is 0. The zero-order chi connectivity index (χ0) is 19.9. The van der Waals surface area contributed by atoms with Crippen LogP contribution in [-0.2, 0) is 11.3 Å². The first-order chi connectivity index (χ1) is 13.5. The van der Waals surface area contributed by atoms with Crippen LogP contribution in [0.5, 0.6) is 5.75 Å². The van der Waals surface area contributed by atoms with Crippen LogP contribution >= 0.6 is 0 Å². The van der Waals surface area contributed by atoms with Crippen molar-refractivity contribution in [3.63, 3.8) is 0 Å².